The fraction of sp³-hybridized carbons (Fsp3) is 0.188. The van der Waals surface area contributed by atoms with Gasteiger partial charge in [0.2, 0.25) is 0 Å². The molecule has 180 valence electrons. The van der Waals surface area contributed by atoms with Gasteiger partial charge in [-0.2, -0.15) is 0 Å². The second-order valence-electron chi connectivity index (χ2n) is 10.9. The zero-order valence-corrected chi connectivity index (χ0v) is 21.4. The second kappa shape index (κ2) is 7.85. The van der Waals surface area contributed by atoms with Gasteiger partial charge in [-0.15, -0.1) is 0 Å². The van der Waals surface area contributed by atoms with Crippen molar-refractivity contribution in [2.45, 2.75) is 38.9 Å². The summed E-state index contributed by atoms with van der Waals surface area (Å²) in [5, 5.41) is 6.93. The molecule has 0 atom stereocenters. The lowest BCUT2D eigenvalue weighted by molar-refractivity contribution is 0.00578. The smallest absolute Gasteiger partial charge is 0.399 e. The summed E-state index contributed by atoms with van der Waals surface area (Å²) in [6.07, 6.45) is 1.87. The van der Waals surface area contributed by atoms with Crippen LogP contribution in [0.3, 0.4) is 0 Å². The number of hydrogen-bond donors (Lipinski definition) is 0. The van der Waals surface area contributed by atoms with Crippen LogP contribution in [0.4, 0.5) is 0 Å². The van der Waals surface area contributed by atoms with Gasteiger partial charge in [-0.05, 0) is 50.7 Å². The van der Waals surface area contributed by atoms with Crippen molar-refractivity contribution in [1.29, 1.82) is 0 Å². The minimum Gasteiger partial charge on any atom is -0.399 e. The van der Waals surface area contributed by atoms with Crippen molar-refractivity contribution >= 4 is 55.9 Å². The summed E-state index contributed by atoms with van der Waals surface area (Å²) < 4.78 is 12.5. The predicted octanol–water partition coefficient (Wildman–Crippen LogP) is 7.06. The highest BCUT2D eigenvalue weighted by atomic mass is 16.7. The first kappa shape index (κ1) is 22.4. The van der Waals surface area contributed by atoms with Crippen LogP contribution in [0.2, 0.25) is 0 Å². The number of pyridine rings is 2. The Morgan fingerprint density at radius 3 is 2.14 bits per heavy atom. The molecule has 0 radical (unpaired) electrons. The number of nitrogens with zero attached hydrogens (tertiary/aromatic N) is 2. The lowest BCUT2D eigenvalue weighted by atomic mass is 9.78. The maximum Gasteiger partial charge on any atom is 0.494 e. The standard InChI is InChI=1S/C32H27BN2O2/c1-31(2)32(3,4)37-33(36-31)23-16-13-22(14-17-23)29-25-18-15-20-11-12-21-8-7-19-34-30(21)27(20)28(25)24-9-5-6-10-26(24)35-29/h5-19H,1-4H3. The normalized spacial score (nSPS) is 16.8. The number of aromatic nitrogens is 2. The molecule has 37 heavy (non-hydrogen) atoms. The largest absolute Gasteiger partial charge is 0.494 e. The maximum absolute atomic E-state index is 6.27. The molecule has 0 N–H and O–H groups in total. The lowest BCUT2D eigenvalue weighted by Crippen LogP contribution is -2.41. The zero-order valence-electron chi connectivity index (χ0n) is 21.4. The van der Waals surface area contributed by atoms with Gasteiger partial charge in [-0.3, -0.25) is 4.98 Å². The predicted molar refractivity (Wildman–Crippen MR) is 153 cm³/mol. The number of fused-ring (bicyclic) bond motifs is 7. The molecule has 0 amide bonds. The van der Waals surface area contributed by atoms with Crippen LogP contribution in [0.1, 0.15) is 27.7 Å². The molecule has 1 fully saturated rings. The molecule has 0 bridgehead atoms. The van der Waals surface area contributed by atoms with Gasteiger partial charge < -0.3 is 9.31 Å². The molecule has 4 nitrogen and oxygen atoms in total. The average Bonchev–Trinajstić information content (AvgIpc) is 3.14. The van der Waals surface area contributed by atoms with E-state index >= 15 is 0 Å². The molecule has 0 unspecified atom stereocenters. The van der Waals surface area contributed by atoms with E-state index in [4.69, 9.17) is 19.3 Å². The third-order valence-corrected chi connectivity index (χ3v) is 8.13. The molecule has 0 aliphatic carbocycles. The third-order valence-electron chi connectivity index (χ3n) is 8.13. The van der Waals surface area contributed by atoms with E-state index in [0.717, 1.165) is 43.9 Å². The van der Waals surface area contributed by atoms with Crippen molar-refractivity contribution in [2.75, 3.05) is 0 Å². The van der Waals surface area contributed by atoms with Crippen LogP contribution in [0.25, 0.3) is 54.6 Å². The number of para-hydroxylation sites is 1. The Hall–Kier alpha value is -3.80. The molecule has 7 rings (SSSR count). The van der Waals surface area contributed by atoms with Crippen molar-refractivity contribution in [1.82, 2.24) is 9.97 Å². The van der Waals surface area contributed by atoms with Crippen LogP contribution >= 0.6 is 0 Å². The zero-order chi connectivity index (χ0) is 25.4. The number of rotatable bonds is 2. The molecule has 0 saturated carbocycles. The van der Waals surface area contributed by atoms with E-state index in [2.05, 4.69) is 100 Å². The summed E-state index contributed by atoms with van der Waals surface area (Å²) in [6.45, 7) is 8.32. The van der Waals surface area contributed by atoms with Crippen molar-refractivity contribution in [3.63, 3.8) is 0 Å². The van der Waals surface area contributed by atoms with E-state index in [1.54, 1.807) is 0 Å². The van der Waals surface area contributed by atoms with E-state index in [-0.39, 0.29) is 18.3 Å². The van der Waals surface area contributed by atoms with Crippen molar-refractivity contribution in [3.05, 3.63) is 91.1 Å². The van der Waals surface area contributed by atoms with Crippen molar-refractivity contribution < 1.29 is 9.31 Å². The first-order valence-corrected chi connectivity index (χ1v) is 12.8. The Labute approximate surface area is 216 Å². The fourth-order valence-corrected chi connectivity index (χ4v) is 5.39. The van der Waals surface area contributed by atoms with Gasteiger partial charge in [0.1, 0.15) is 0 Å². The minimum atomic E-state index is -0.387. The molecule has 1 aliphatic rings. The average molecular weight is 482 g/mol. The minimum absolute atomic E-state index is 0.371. The third kappa shape index (κ3) is 3.38. The topological polar surface area (TPSA) is 44.2 Å². The molecular formula is C32H27BN2O2. The van der Waals surface area contributed by atoms with E-state index in [1.165, 1.54) is 16.2 Å². The molecule has 3 heterocycles. The highest BCUT2D eigenvalue weighted by molar-refractivity contribution is 6.62. The molecule has 4 aromatic carbocycles. The van der Waals surface area contributed by atoms with E-state index in [0.29, 0.717) is 0 Å². The maximum atomic E-state index is 6.27. The molecule has 2 aromatic heterocycles. The van der Waals surface area contributed by atoms with E-state index in [1.807, 2.05) is 18.3 Å². The van der Waals surface area contributed by atoms with Crippen LogP contribution in [-0.2, 0) is 9.31 Å². The first-order valence-electron chi connectivity index (χ1n) is 12.8. The Kier molecular flexibility index (Phi) is 4.75. The SMILES string of the molecule is CC1(C)OB(c2ccc(-c3nc4ccccc4c4c3ccc3ccc5cccnc5c34)cc2)OC1(C)C. The molecule has 0 spiro atoms. The van der Waals surface area contributed by atoms with Crippen LogP contribution < -0.4 is 5.46 Å². The highest BCUT2D eigenvalue weighted by Crippen LogP contribution is 2.40. The summed E-state index contributed by atoms with van der Waals surface area (Å²) in [5.74, 6) is 0. The van der Waals surface area contributed by atoms with Crippen molar-refractivity contribution in [3.8, 4) is 11.3 Å². The second-order valence-corrected chi connectivity index (χ2v) is 10.9. The van der Waals surface area contributed by atoms with Crippen LogP contribution in [-0.4, -0.2) is 28.3 Å². The summed E-state index contributed by atoms with van der Waals surface area (Å²) in [5.41, 5.74) is 4.28. The van der Waals surface area contributed by atoms with Gasteiger partial charge in [0.05, 0.1) is 27.9 Å². The van der Waals surface area contributed by atoms with Gasteiger partial charge in [-0.25, -0.2) is 4.98 Å². The van der Waals surface area contributed by atoms with E-state index in [9.17, 15) is 0 Å². The van der Waals surface area contributed by atoms with Crippen molar-refractivity contribution in [2.24, 2.45) is 0 Å². The van der Waals surface area contributed by atoms with Gasteiger partial charge in [0, 0.05) is 38.7 Å². The molecule has 5 heteroatoms. The molecule has 1 aliphatic heterocycles. The number of benzene rings is 4. The summed E-state index contributed by atoms with van der Waals surface area (Å²) in [4.78, 5) is 9.95. The fourth-order valence-electron chi connectivity index (χ4n) is 5.39. The van der Waals surface area contributed by atoms with E-state index < -0.39 is 0 Å². The summed E-state index contributed by atoms with van der Waals surface area (Å²) in [6, 6.07) is 29.7. The van der Waals surface area contributed by atoms with Crippen LogP contribution in [0.15, 0.2) is 91.1 Å². The van der Waals surface area contributed by atoms with Gasteiger partial charge in [0.25, 0.3) is 0 Å². The first-order chi connectivity index (χ1) is 17.8. The Bertz CT molecular complexity index is 1830. The molecule has 6 aromatic rings. The Balaban J connectivity index is 1.45. The summed E-state index contributed by atoms with van der Waals surface area (Å²) >= 11 is 0. The Morgan fingerprint density at radius 1 is 0.649 bits per heavy atom. The number of hydrogen-bond acceptors (Lipinski definition) is 4. The van der Waals surface area contributed by atoms with Gasteiger partial charge >= 0.3 is 7.12 Å². The van der Waals surface area contributed by atoms with Crippen LogP contribution in [0, 0.1) is 0 Å². The Morgan fingerprint density at radius 2 is 1.35 bits per heavy atom. The van der Waals surface area contributed by atoms with Gasteiger partial charge in [-0.1, -0.05) is 72.8 Å². The van der Waals surface area contributed by atoms with Gasteiger partial charge in [0.15, 0.2) is 0 Å². The quantitative estimate of drug-likeness (QED) is 0.196. The summed E-state index contributed by atoms with van der Waals surface area (Å²) in [7, 11) is -0.387. The lowest BCUT2D eigenvalue weighted by Gasteiger charge is -2.32. The highest BCUT2D eigenvalue weighted by Gasteiger charge is 2.51. The molecule has 1 saturated heterocycles. The monoisotopic (exact) mass is 482 g/mol. The molecular weight excluding hydrogens is 455 g/mol. The van der Waals surface area contributed by atoms with Crippen LogP contribution in [0.5, 0.6) is 0 Å².